The minimum absolute atomic E-state index is 0.217. The van der Waals surface area contributed by atoms with E-state index < -0.39 is 0 Å². The normalized spacial score (nSPS) is 12.9. The number of allylic oxidation sites excluding steroid dienone is 1. The summed E-state index contributed by atoms with van der Waals surface area (Å²) in [5, 5.41) is 3.28. The predicted octanol–water partition coefficient (Wildman–Crippen LogP) is 5.76. The first-order valence-electron chi connectivity index (χ1n) is 12.0. The van der Waals surface area contributed by atoms with Crippen molar-refractivity contribution in [2.45, 2.75) is 20.3 Å². The molecule has 0 bridgehead atoms. The molecule has 1 heterocycles. The van der Waals surface area contributed by atoms with Crippen LogP contribution in [0.3, 0.4) is 0 Å². The van der Waals surface area contributed by atoms with Crippen LogP contribution < -0.4 is 24.3 Å². The maximum absolute atomic E-state index is 5.89. The number of ether oxygens (including phenoxy) is 5. The van der Waals surface area contributed by atoms with Gasteiger partial charge in [0.05, 0.1) is 0 Å². The first-order valence-corrected chi connectivity index (χ1v) is 12.0. The fourth-order valence-electron chi connectivity index (χ4n) is 4.11. The van der Waals surface area contributed by atoms with Crippen molar-refractivity contribution in [3.8, 4) is 23.0 Å². The average molecular weight is 476 g/mol. The van der Waals surface area contributed by atoms with Crippen LogP contribution in [0.4, 0.5) is 0 Å². The van der Waals surface area contributed by atoms with Crippen molar-refractivity contribution >= 4 is 11.1 Å². The van der Waals surface area contributed by atoms with E-state index in [1.807, 2.05) is 30.3 Å². The molecule has 0 saturated carbocycles. The lowest BCUT2D eigenvalue weighted by Crippen LogP contribution is -2.20. The van der Waals surface area contributed by atoms with Gasteiger partial charge < -0.3 is 29.0 Å². The Morgan fingerprint density at radius 1 is 0.800 bits per heavy atom. The molecule has 0 fully saturated rings. The van der Waals surface area contributed by atoms with Gasteiger partial charge in [-0.25, -0.2) is 0 Å². The van der Waals surface area contributed by atoms with Gasteiger partial charge in [-0.3, -0.25) is 0 Å². The minimum Gasteiger partial charge on any atom is -0.492 e. The zero-order valence-electron chi connectivity index (χ0n) is 20.6. The molecule has 0 aromatic heterocycles. The van der Waals surface area contributed by atoms with Crippen molar-refractivity contribution in [3.05, 3.63) is 83.4 Å². The van der Waals surface area contributed by atoms with Gasteiger partial charge in [0.2, 0.25) is 6.79 Å². The second kappa shape index (κ2) is 12.3. The minimum atomic E-state index is 0.217. The molecule has 6 nitrogen and oxygen atoms in total. The predicted molar refractivity (Wildman–Crippen MR) is 138 cm³/mol. The third-order valence-corrected chi connectivity index (χ3v) is 5.80. The topological polar surface area (TPSA) is 58.2 Å². The van der Waals surface area contributed by atoms with E-state index in [0.717, 1.165) is 64.8 Å². The van der Waals surface area contributed by atoms with Crippen molar-refractivity contribution in [1.82, 2.24) is 5.32 Å². The molecule has 0 aliphatic carbocycles. The monoisotopic (exact) mass is 475 g/mol. The molecule has 0 amide bonds. The molecule has 1 N–H and O–H groups in total. The summed E-state index contributed by atoms with van der Waals surface area (Å²) in [6.45, 7) is 7.13. The highest BCUT2D eigenvalue weighted by Crippen LogP contribution is 2.40. The van der Waals surface area contributed by atoms with Gasteiger partial charge in [-0.05, 0) is 77.2 Å². The van der Waals surface area contributed by atoms with Crippen LogP contribution in [0.2, 0.25) is 0 Å². The van der Waals surface area contributed by atoms with Crippen molar-refractivity contribution in [2.75, 3.05) is 40.4 Å². The van der Waals surface area contributed by atoms with E-state index in [4.69, 9.17) is 23.7 Å². The lowest BCUT2D eigenvalue weighted by atomic mass is 9.88. The van der Waals surface area contributed by atoms with E-state index in [2.05, 4.69) is 55.6 Å². The number of hydrogen-bond acceptors (Lipinski definition) is 6. The molecule has 0 saturated heterocycles. The number of likely N-dealkylation sites (N-methyl/N-ethyl adjacent to an activating group) is 1. The second-order valence-corrected chi connectivity index (χ2v) is 8.08. The van der Waals surface area contributed by atoms with Crippen LogP contribution in [-0.4, -0.2) is 40.4 Å². The maximum atomic E-state index is 5.89. The molecule has 1 aliphatic heterocycles. The average Bonchev–Trinajstić information content (AvgIpc) is 3.37. The summed E-state index contributed by atoms with van der Waals surface area (Å²) in [5.41, 5.74) is 5.70. The Balaban J connectivity index is 1.72. The van der Waals surface area contributed by atoms with E-state index in [0.29, 0.717) is 6.61 Å². The number of benzene rings is 3. The molecule has 35 heavy (non-hydrogen) atoms. The molecule has 184 valence electrons. The van der Waals surface area contributed by atoms with Crippen LogP contribution >= 0.6 is 0 Å². The smallest absolute Gasteiger partial charge is 0.231 e. The Morgan fingerprint density at radius 3 is 2.06 bits per heavy atom. The van der Waals surface area contributed by atoms with Gasteiger partial charge in [0.1, 0.15) is 18.1 Å². The Hall–Kier alpha value is -3.48. The maximum Gasteiger partial charge on any atom is 0.231 e. The number of nitrogens with one attached hydrogen (secondary N) is 1. The summed E-state index contributed by atoms with van der Waals surface area (Å²) in [7, 11) is 1.61. The van der Waals surface area contributed by atoms with Gasteiger partial charge in [0, 0.05) is 13.7 Å². The standard InChI is InChI=1S/C29H33NO5/c1-4-26(23-10-15-27-28(18-23)35-20-34-27)29(22-8-13-25(14-9-22)33-19-31-3)21-6-11-24(12-7-21)32-17-16-30-5-2/h6-15,18,30H,4-5,16-17,19-20H2,1-3H3. The number of methoxy groups -OCH3 is 1. The highest BCUT2D eigenvalue weighted by Gasteiger charge is 2.18. The lowest BCUT2D eigenvalue weighted by molar-refractivity contribution is 0.0511. The summed E-state index contributed by atoms with van der Waals surface area (Å²) in [6.07, 6.45) is 0.845. The van der Waals surface area contributed by atoms with E-state index in [1.165, 1.54) is 5.57 Å². The Kier molecular flexibility index (Phi) is 8.65. The van der Waals surface area contributed by atoms with Crippen molar-refractivity contribution in [3.63, 3.8) is 0 Å². The Labute approximate surface area is 207 Å². The van der Waals surface area contributed by atoms with Gasteiger partial charge in [-0.15, -0.1) is 0 Å². The highest BCUT2D eigenvalue weighted by atomic mass is 16.7. The van der Waals surface area contributed by atoms with Gasteiger partial charge in [-0.2, -0.15) is 0 Å². The molecule has 0 atom stereocenters. The molecular formula is C29H33NO5. The van der Waals surface area contributed by atoms with Crippen LogP contribution in [0, 0.1) is 0 Å². The van der Waals surface area contributed by atoms with Crippen molar-refractivity contribution in [2.24, 2.45) is 0 Å². The molecular weight excluding hydrogens is 442 g/mol. The first kappa shape index (κ1) is 24.6. The molecule has 4 rings (SSSR count). The van der Waals surface area contributed by atoms with Gasteiger partial charge in [0.25, 0.3) is 0 Å². The second-order valence-electron chi connectivity index (χ2n) is 8.08. The third kappa shape index (κ3) is 6.15. The van der Waals surface area contributed by atoms with Crippen molar-refractivity contribution in [1.29, 1.82) is 0 Å². The van der Waals surface area contributed by atoms with Gasteiger partial charge >= 0.3 is 0 Å². The van der Waals surface area contributed by atoms with Gasteiger partial charge in [0.15, 0.2) is 18.3 Å². The Bertz CT molecular complexity index is 1120. The van der Waals surface area contributed by atoms with Gasteiger partial charge in [-0.1, -0.05) is 44.2 Å². The zero-order valence-corrected chi connectivity index (χ0v) is 20.6. The zero-order chi connectivity index (χ0) is 24.5. The van der Waals surface area contributed by atoms with Crippen LogP contribution in [0.15, 0.2) is 66.7 Å². The summed E-state index contributed by atoms with van der Waals surface area (Å²) in [5.74, 6) is 3.18. The molecule has 0 radical (unpaired) electrons. The molecule has 3 aromatic carbocycles. The fraction of sp³-hybridized carbons (Fsp3) is 0.310. The number of rotatable bonds is 12. The molecule has 6 heteroatoms. The fourth-order valence-corrected chi connectivity index (χ4v) is 4.11. The lowest BCUT2D eigenvalue weighted by Gasteiger charge is -2.17. The molecule has 0 unspecified atom stereocenters. The van der Waals surface area contributed by atoms with Crippen LogP contribution in [0.1, 0.15) is 37.0 Å². The summed E-state index contributed by atoms with van der Waals surface area (Å²) in [4.78, 5) is 0. The van der Waals surface area contributed by atoms with E-state index >= 15 is 0 Å². The van der Waals surface area contributed by atoms with Crippen molar-refractivity contribution < 1.29 is 23.7 Å². The number of hydrogen-bond donors (Lipinski definition) is 1. The van der Waals surface area contributed by atoms with Crippen LogP contribution in [-0.2, 0) is 4.74 Å². The van der Waals surface area contributed by atoms with Crippen LogP contribution in [0.5, 0.6) is 23.0 Å². The van der Waals surface area contributed by atoms with E-state index in [-0.39, 0.29) is 13.6 Å². The largest absolute Gasteiger partial charge is 0.492 e. The van der Waals surface area contributed by atoms with E-state index in [1.54, 1.807) is 7.11 Å². The highest BCUT2D eigenvalue weighted by molar-refractivity contribution is 5.99. The SMILES string of the molecule is CCNCCOc1ccc(C(=C(CC)c2ccc3c(c2)OCO3)c2ccc(OCOC)cc2)cc1. The van der Waals surface area contributed by atoms with Crippen LogP contribution in [0.25, 0.3) is 11.1 Å². The third-order valence-electron chi connectivity index (χ3n) is 5.80. The molecule has 1 aliphatic rings. The summed E-state index contributed by atoms with van der Waals surface area (Å²) < 4.78 is 27.7. The molecule has 3 aromatic rings. The summed E-state index contributed by atoms with van der Waals surface area (Å²) in [6, 6.07) is 22.6. The first-order chi connectivity index (χ1) is 17.2. The summed E-state index contributed by atoms with van der Waals surface area (Å²) >= 11 is 0. The Morgan fingerprint density at radius 2 is 1.43 bits per heavy atom. The van der Waals surface area contributed by atoms with E-state index in [9.17, 15) is 0 Å². The number of fused-ring (bicyclic) bond motifs is 1. The quantitative estimate of drug-likeness (QED) is 0.204. The molecule has 0 spiro atoms.